The summed E-state index contributed by atoms with van der Waals surface area (Å²) in [4.78, 5) is 0. The van der Waals surface area contributed by atoms with Crippen molar-refractivity contribution in [2.45, 2.75) is 25.7 Å². The van der Waals surface area contributed by atoms with Crippen molar-refractivity contribution in [1.82, 2.24) is 0 Å². The van der Waals surface area contributed by atoms with Crippen LogP contribution >= 0.6 is 0 Å². The summed E-state index contributed by atoms with van der Waals surface area (Å²) in [6, 6.07) is 48.7. The zero-order chi connectivity index (χ0) is 32.1. The van der Waals surface area contributed by atoms with Gasteiger partial charge in [-0.15, -0.1) is 0 Å². The fourth-order valence-electron chi connectivity index (χ4n) is 11.1. The minimum absolute atomic E-state index is 1.07. The van der Waals surface area contributed by atoms with Crippen LogP contribution in [0.15, 0.2) is 215 Å². The van der Waals surface area contributed by atoms with Gasteiger partial charge in [0.2, 0.25) is 0 Å². The van der Waals surface area contributed by atoms with Gasteiger partial charge in [0.25, 0.3) is 0 Å². The van der Waals surface area contributed by atoms with E-state index in [-0.39, 0.29) is 0 Å². The number of hydrogen-bond donors (Lipinski definition) is 0. The first-order valence-electron chi connectivity index (χ1n) is 17.5. The molecule has 0 spiro atoms. The van der Waals surface area contributed by atoms with Crippen molar-refractivity contribution >= 4 is 49.2 Å². The van der Waals surface area contributed by atoms with Crippen LogP contribution in [0.1, 0.15) is 25.7 Å². The van der Waals surface area contributed by atoms with Gasteiger partial charge in [0.15, 0.2) is 0 Å². The lowest BCUT2D eigenvalue weighted by molar-refractivity contribution is 1.33. The van der Waals surface area contributed by atoms with Gasteiger partial charge in [-0.25, -0.2) is 0 Å². The van der Waals surface area contributed by atoms with Gasteiger partial charge in [0, 0.05) is 0 Å². The van der Waals surface area contributed by atoms with E-state index in [2.05, 4.69) is 194 Å². The third kappa shape index (κ3) is 3.53. The largest absolute Gasteiger partial charge is 0.116 e. The Balaban J connectivity index is 1.62. The fourth-order valence-corrected chi connectivity index (χ4v) is 136. The summed E-state index contributed by atoms with van der Waals surface area (Å²) in [5, 5.41) is 13.8. The molecule has 0 atom stereocenters. The average molecular weight is 681 g/mol. The highest BCUT2D eigenvalue weighted by atomic mass is 30.2. The number of allylic oxidation sites excluding steroid dienone is 16. The van der Waals surface area contributed by atoms with Crippen LogP contribution in [0.4, 0.5) is 0 Å². The van der Waals surface area contributed by atoms with Gasteiger partial charge < -0.3 is 0 Å². The molecular formula is C44H40Si4. The van der Waals surface area contributed by atoms with Crippen molar-refractivity contribution in [2.75, 3.05) is 0 Å². The average Bonchev–Trinajstić information content (AvgIpc) is 4.00. The molecule has 0 radical (unpaired) electrons. The molecule has 0 N–H and O–H groups in total. The minimum Gasteiger partial charge on any atom is -0.0809 e. The molecule has 4 heteroatoms. The summed E-state index contributed by atoms with van der Waals surface area (Å²) in [6.07, 6.45) is 34.3. The number of benzene rings is 4. The lowest BCUT2D eigenvalue weighted by atomic mass is 10.4. The van der Waals surface area contributed by atoms with Gasteiger partial charge in [0.1, 0.15) is 28.4 Å². The molecule has 1 heterocycles. The monoisotopic (exact) mass is 680 g/mol. The summed E-state index contributed by atoms with van der Waals surface area (Å²) in [5.41, 5.74) is 0. The molecule has 0 saturated carbocycles. The molecule has 0 bridgehead atoms. The Hall–Kier alpha value is -4.33. The lowest BCUT2D eigenvalue weighted by Gasteiger charge is -2.81. The van der Waals surface area contributed by atoms with Crippen LogP contribution in [0.25, 0.3) is 0 Å². The van der Waals surface area contributed by atoms with Gasteiger partial charge >= 0.3 is 0 Å². The van der Waals surface area contributed by atoms with E-state index in [9.17, 15) is 0 Å². The Morgan fingerprint density at radius 1 is 0.271 bits per heavy atom. The Morgan fingerprint density at radius 2 is 0.479 bits per heavy atom. The normalized spacial score (nSPS) is 29.8. The van der Waals surface area contributed by atoms with Crippen molar-refractivity contribution in [3.63, 3.8) is 0 Å². The Bertz CT molecular complexity index is 1800. The second-order valence-corrected chi connectivity index (χ2v) is 48.6. The van der Waals surface area contributed by atoms with E-state index in [0.29, 0.717) is 0 Å². The van der Waals surface area contributed by atoms with Gasteiger partial charge in [-0.3, -0.25) is 0 Å². The minimum atomic E-state index is -2.69. The predicted octanol–water partition coefficient (Wildman–Crippen LogP) is 7.44. The van der Waals surface area contributed by atoms with Crippen LogP contribution in [-0.4, -0.2) is 28.4 Å². The summed E-state index contributed by atoms with van der Waals surface area (Å²) >= 11 is 0. The second-order valence-electron chi connectivity index (χ2n) is 13.8. The van der Waals surface area contributed by atoms with Crippen molar-refractivity contribution in [1.29, 1.82) is 0 Å². The Morgan fingerprint density at radius 3 is 0.646 bits per heavy atom. The van der Waals surface area contributed by atoms with Gasteiger partial charge in [-0.05, 0) is 25.7 Å². The van der Waals surface area contributed by atoms with Crippen LogP contribution in [-0.2, 0) is 0 Å². The molecule has 4 aliphatic carbocycles. The van der Waals surface area contributed by atoms with Gasteiger partial charge in [0.05, 0.1) is 0 Å². The summed E-state index contributed by atoms with van der Waals surface area (Å²) in [5.74, 6) is 0. The van der Waals surface area contributed by atoms with E-state index < -0.39 is 28.4 Å². The molecule has 5 aliphatic rings. The molecule has 0 amide bonds. The van der Waals surface area contributed by atoms with E-state index in [4.69, 9.17) is 0 Å². The molecule has 1 saturated heterocycles. The molecule has 232 valence electrons. The van der Waals surface area contributed by atoms with E-state index >= 15 is 0 Å². The van der Waals surface area contributed by atoms with E-state index in [1.807, 2.05) is 0 Å². The topological polar surface area (TPSA) is 0 Å². The molecule has 9 rings (SSSR count). The van der Waals surface area contributed by atoms with Crippen LogP contribution in [0, 0.1) is 0 Å². The highest BCUT2D eigenvalue weighted by Gasteiger charge is 2.94. The Kier molecular flexibility index (Phi) is 7.24. The first-order chi connectivity index (χ1) is 23.8. The zero-order valence-electron chi connectivity index (χ0n) is 27.3. The van der Waals surface area contributed by atoms with Crippen molar-refractivity contribution < 1.29 is 0 Å². The third-order valence-electron chi connectivity index (χ3n) is 12.1. The van der Waals surface area contributed by atoms with Crippen LogP contribution in [0.5, 0.6) is 0 Å². The lowest BCUT2D eigenvalue weighted by Crippen LogP contribution is -3.18. The third-order valence-corrected chi connectivity index (χ3v) is 90.9. The zero-order valence-corrected chi connectivity index (χ0v) is 31.3. The predicted molar refractivity (Wildman–Crippen MR) is 215 cm³/mol. The van der Waals surface area contributed by atoms with Gasteiger partial charge in [-0.2, -0.15) is 0 Å². The maximum atomic E-state index is 2.63. The maximum Gasteiger partial charge on any atom is 0.116 e. The second kappa shape index (κ2) is 11.7. The molecule has 4 aromatic rings. The highest BCUT2D eigenvalue weighted by Crippen LogP contribution is 2.64. The molecule has 1 fully saturated rings. The SMILES string of the molecule is C1=CCC([Si]2(c3ccccc3)[Si](C3=CC=CC3)(c3ccccc3)[Si](C3=CC=CC3)(c3ccccc3)[Si]2(C2=CC=CC2)c2ccccc2)=C1. The standard InChI is InChI=1S/C44H40Si4/c1-5-21-37(22-6-1)45(41-29-13-14-30-41)46(42-31-15-16-32-42,38-23-7-2-8-24-38)48(44-35-19-20-36-44,40-27-11-4-12-28-40)47(45,43-33-17-18-34-43)39-25-9-3-10-26-39/h1-29,31,33,35H,30,32,34,36H2. The quantitative estimate of drug-likeness (QED) is 0.170. The maximum absolute atomic E-state index is 2.69. The van der Waals surface area contributed by atoms with Crippen molar-refractivity contribution in [3.8, 4) is 0 Å². The van der Waals surface area contributed by atoms with Crippen molar-refractivity contribution in [2.24, 2.45) is 0 Å². The first-order valence-corrected chi connectivity index (χ1v) is 29.5. The molecule has 48 heavy (non-hydrogen) atoms. The molecule has 0 nitrogen and oxygen atoms in total. The number of hydrogen-bond acceptors (Lipinski definition) is 0. The van der Waals surface area contributed by atoms with E-state index in [0.717, 1.165) is 25.7 Å². The summed E-state index contributed by atoms with van der Waals surface area (Å²) < 4.78 is 0. The van der Waals surface area contributed by atoms with E-state index in [1.54, 1.807) is 41.5 Å². The molecule has 1 aliphatic heterocycles. The first kappa shape index (κ1) is 29.8. The molecular weight excluding hydrogens is 641 g/mol. The van der Waals surface area contributed by atoms with Crippen LogP contribution in [0.2, 0.25) is 0 Å². The molecule has 0 aromatic heterocycles. The van der Waals surface area contributed by atoms with Crippen LogP contribution < -0.4 is 20.7 Å². The highest BCUT2D eigenvalue weighted by molar-refractivity contribution is 8.24. The van der Waals surface area contributed by atoms with E-state index in [1.165, 1.54) is 0 Å². The van der Waals surface area contributed by atoms with Crippen LogP contribution in [0.3, 0.4) is 0 Å². The fraction of sp³-hybridized carbons (Fsp3) is 0.0909. The van der Waals surface area contributed by atoms with Crippen molar-refractivity contribution in [3.05, 3.63) is 215 Å². The van der Waals surface area contributed by atoms with Gasteiger partial charge in [-0.1, -0.05) is 236 Å². The molecule has 4 aromatic carbocycles. The smallest absolute Gasteiger partial charge is 0.0809 e. The Labute approximate surface area is 288 Å². The number of rotatable bonds is 8. The molecule has 0 unspecified atom stereocenters. The summed E-state index contributed by atoms with van der Waals surface area (Å²) in [7, 11) is -10.8. The summed E-state index contributed by atoms with van der Waals surface area (Å²) in [6.45, 7) is 0.